The van der Waals surface area contributed by atoms with Crippen LogP contribution in [0.5, 0.6) is 0 Å². The molecule has 0 unspecified atom stereocenters. The average Bonchev–Trinajstić information content (AvgIpc) is 2.62. The molecule has 0 spiro atoms. The summed E-state index contributed by atoms with van der Waals surface area (Å²) in [6.45, 7) is 7.25. The molecule has 0 N–H and O–H groups in total. The zero-order chi connectivity index (χ0) is 12.3. The Hall–Kier alpha value is -1.16. The van der Waals surface area contributed by atoms with Crippen LogP contribution < -0.4 is 0 Å². The molecule has 4 heteroatoms. The molecule has 88 valence electrons. The highest BCUT2D eigenvalue weighted by atomic mass is 32.1. The molecular formula is C12H16O3S. The van der Waals surface area contributed by atoms with E-state index in [0.29, 0.717) is 16.9 Å². The van der Waals surface area contributed by atoms with Crippen LogP contribution in [0.3, 0.4) is 0 Å². The lowest BCUT2D eigenvalue weighted by Gasteiger charge is -2.18. The second kappa shape index (κ2) is 4.78. The predicted molar refractivity (Wildman–Crippen MR) is 64.1 cm³/mol. The van der Waals surface area contributed by atoms with Crippen LogP contribution in [-0.4, -0.2) is 17.4 Å². The van der Waals surface area contributed by atoms with E-state index in [9.17, 15) is 9.59 Å². The van der Waals surface area contributed by atoms with Gasteiger partial charge in [0.1, 0.15) is 5.60 Å². The van der Waals surface area contributed by atoms with Gasteiger partial charge < -0.3 is 4.74 Å². The van der Waals surface area contributed by atoms with Gasteiger partial charge >= 0.3 is 5.97 Å². The molecule has 0 aliphatic heterocycles. The molecule has 0 fully saturated rings. The molecule has 0 aromatic carbocycles. The number of ether oxygens (including phenoxy) is 1. The summed E-state index contributed by atoms with van der Waals surface area (Å²) < 4.78 is 5.21. The Bertz CT molecular complexity index is 399. The summed E-state index contributed by atoms with van der Waals surface area (Å²) in [5, 5.41) is 1.66. The first-order valence-corrected chi connectivity index (χ1v) is 6.06. The molecule has 0 saturated heterocycles. The number of carbonyl (C=O) groups excluding carboxylic acids is 2. The van der Waals surface area contributed by atoms with E-state index >= 15 is 0 Å². The number of Topliss-reactive ketones (excluding diaryl/α,β-unsaturated/α-hetero) is 1. The molecule has 0 bridgehead atoms. The molecule has 0 amide bonds. The Kier molecular flexibility index (Phi) is 3.86. The molecule has 1 aromatic heterocycles. The van der Waals surface area contributed by atoms with E-state index in [1.807, 2.05) is 20.8 Å². The maximum atomic E-state index is 11.7. The van der Waals surface area contributed by atoms with Crippen LogP contribution >= 0.6 is 11.3 Å². The first kappa shape index (κ1) is 12.9. The maximum Gasteiger partial charge on any atom is 0.339 e. The van der Waals surface area contributed by atoms with Crippen molar-refractivity contribution in [2.24, 2.45) is 0 Å². The van der Waals surface area contributed by atoms with Crippen molar-refractivity contribution in [3.05, 3.63) is 21.9 Å². The van der Waals surface area contributed by atoms with E-state index in [2.05, 4.69) is 0 Å². The topological polar surface area (TPSA) is 43.4 Å². The van der Waals surface area contributed by atoms with Gasteiger partial charge in [-0.25, -0.2) is 4.79 Å². The highest BCUT2D eigenvalue weighted by Gasteiger charge is 2.19. The molecular weight excluding hydrogens is 224 g/mol. The molecule has 1 rings (SSSR count). The van der Waals surface area contributed by atoms with Crippen LogP contribution in [0.25, 0.3) is 0 Å². The minimum absolute atomic E-state index is 0.0554. The minimum Gasteiger partial charge on any atom is -0.456 e. The van der Waals surface area contributed by atoms with Crippen molar-refractivity contribution in [1.29, 1.82) is 0 Å². The highest BCUT2D eigenvalue weighted by molar-refractivity contribution is 7.12. The number of thiophene rings is 1. The van der Waals surface area contributed by atoms with Crippen molar-refractivity contribution in [1.82, 2.24) is 0 Å². The monoisotopic (exact) mass is 240 g/mol. The smallest absolute Gasteiger partial charge is 0.339 e. The van der Waals surface area contributed by atoms with Gasteiger partial charge in [0.2, 0.25) is 0 Å². The van der Waals surface area contributed by atoms with Gasteiger partial charge in [0.05, 0.1) is 10.4 Å². The summed E-state index contributed by atoms with van der Waals surface area (Å²) in [5.74, 6) is -0.321. The summed E-state index contributed by atoms with van der Waals surface area (Å²) in [7, 11) is 0. The molecule has 0 aliphatic carbocycles. The van der Waals surface area contributed by atoms with Crippen LogP contribution in [0.1, 0.15) is 54.1 Å². The predicted octanol–water partition coefficient (Wildman–Crippen LogP) is 3.30. The van der Waals surface area contributed by atoms with Crippen molar-refractivity contribution >= 4 is 23.1 Å². The number of hydrogen-bond donors (Lipinski definition) is 0. The number of esters is 1. The van der Waals surface area contributed by atoms with Gasteiger partial charge in [-0.15, -0.1) is 11.3 Å². The largest absolute Gasteiger partial charge is 0.456 e. The lowest BCUT2D eigenvalue weighted by atomic mass is 10.2. The Morgan fingerprint density at radius 1 is 1.38 bits per heavy atom. The van der Waals surface area contributed by atoms with Gasteiger partial charge in [-0.1, -0.05) is 6.92 Å². The Morgan fingerprint density at radius 2 is 2.00 bits per heavy atom. The average molecular weight is 240 g/mol. The van der Waals surface area contributed by atoms with Crippen LogP contribution in [0.15, 0.2) is 11.4 Å². The Labute approximate surface area is 99.4 Å². The molecule has 0 aliphatic rings. The molecule has 0 saturated carbocycles. The van der Waals surface area contributed by atoms with Crippen molar-refractivity contribution in [2.75, 3.05) is 0 Å². The van der Waals surface area contributed by atoms with E-state index in [0.717, 1.165) is 0 Å². The second-order valence-corrected chi connectivity index (χ2v) is 5.39. The van der Waals surface area contributed by atoms with E-state index in [1.165, 1.54) is 11.3 Å². The molecule has 0 radical (unpaired) electrons. The fraction of sp³-hybridized carbons (Fsp3) is 0.500. The van der Waals surface area contributed by atoms with E-state index in [4.69, 9.17) is 4.74 Å². The van der Waals surface area contributed by atoms with Gasteiger partial charge in [0, 0.05) is 11.8 Å². The Morgan fingerprint density at radius 3 is 2.50 bits per heavy atom. The van der Waals surface area contributed by atoms with Crippen molar-refractivity contribution in [3.63, 3.8) is 0 Å². The zero-order valence-corrected chi connectivity index (χ0v) is 10.8. The van der Waals surface area contributed by atoms with Gasteiger partial charge in [0.15, 0.2) is 5.78 Å². The second-order valence-electron chi connectivity index (χ2n) is 4.48. The van der Waals surface area contributed by atoms with Gasteiger partial charge in [-0.2, -0.15) is 0 Å². The van der Waals surface area contributed by atoms with Crippen LogP contribution in [0.2, 0.25) is 0 Å². The van der Waals surface area contributed by atoms with Crippen LogP contribution in [0, 0.1) is 0 Å². The lowest BCUT2D eigenvalue weighted by molar-refractivity contribution is 0.00701. The molecule has 0 atom stereocenters. The normalized spacial score (nSPS) is 11.2. The Balaban J connectivity index is 2.78. The highest BCUT2D eigenvalue weighted by Crippen LogP contribution is 2.19. The molecule has 3 nitrogen and oxygen atoms in total. The first-order valence-electron chi connectivity index (χ1n) is 5.18. The van der Waals surface area contributed by atoms with E-state index < -0.39 is 5.60 Å². The quantitative estimate of drug-likeness (QED) is 0.601. The lowest BCUT2D eigenvalue weighted by Crippen LogP contribution is -2.23. The summed E-state index contributed by atoms with van der Waals surface area (Å²) in [4.78, 5) is 23.7. The van der Waals surface area contributed by atoms with Crippen LogP contribution in [0.4, 0.5) is 0 Å². The van der Waals surface area contributed by atoms with E-state index in [-0.39, 0.29) is 11.8 Å². The number of rotatable bonds is 3. The standard InChI is InChI=1S/C12H16O3S/c1-5-9(13)10-6-8(7-16-10)11(14)15-12(2,3)4/h6-7H,5H2,1-4H3. The summed E-state index contributed by atoms with van der Waals surface area (Å²) in [6, 6.07) is 1.60. The molecule has 1 aromatic rings. The fourth-order valence-corrected chi connectivity index (χ4v) is 1.99. The van der Waals surface area contributed by atoms with E-state index in [1.54, 1.807) is 18.4 Å². The first-order chi connectivity index (χ1) is 7.33. The zero-order valence-electron chi connectivity index (χ0n) is 9.99. The molecule has 16 heavy (non-hydrogen) atoms. The number of hydrogen-bond acceptors (Lipinski definition) is 4. The van der Waals surface area contributed by atoms with Crippen molar-refractivity contribution in [2.45, 2.75) is 39.7 Å². The SMILES string of the molecule is CCC(=O)c1cc(C(=O)OC(C)(C)C)cs1. The third-order valence-corrected chi connectivity index (χ3v) is 2.80. The molecule has 1 heterocycles. The maximum absolute atomic E-state index is 11.7. The number of carbonyl (C=O) groups is 2. The summed E-state index contributed by atoms with van der Waals surface area (Å²) >= 11 is 1.29. The fourth-order valence-electron chi connectivity index (χ4n) is 1.10. The minimum atomic E-state index is -0.506. The number of ketones is 1. The van der Waals surface area contributed by atoms with Gasteiger partial charge in [-0.05, 0) is 26.8 Å². The van der Waals surface area contributed by atoms with Crippen molar-refractivity contribution < 1.29 is 14.3 Å². The van der Waals surface area contributed by atoms with Crippen molar-refractivity contribution in [3.8, 4) is 0 Å². The van der Waals surface area contributed by atoms with Gasteiger partial charge in [0.25, 0.3) is 0 Å². The van der Waals surface area contributed by atoms with Gasteiger partial charge in [-0.3, -0.25) is 4.79 Å². The third-order valence-electron chi connectivity index (χ3n) is 1.83. The van der Waals surface area contributed by atoms with Crippen LogP contribution in [-0.2, 0) is 4.74 Å². The summed E-state index contributed by atoms with van der Waals surface area (Å²) in [5.41, 5.74) is -0.0507. The summed E-state index contributed by atoms with van der Waals surface area (Å²) in [6.07, 6.45) is 0.453. The third kappa shape index (κ3) is 3.45.